The third-order valence-corrected chi connectivity index (χ3v) is 3.94. The topological polar surface area (TPSA) is 89.9 Å². The highest BCUT2D eigenvalue weighted by atomic mass is 16.4. The molecule has 2 fully saturated rings. The lowest BCUT2D eigenvalue weighted by Gasteiger charge is -2.37. The minimum absolute atomic E-state index is 0.130. The maximum absolute atomic E-state index is 12.5. The number of amides is 1. The number of carboxylic acids is 1. The van der Waals surface area contributed by atoms with Gasteiger partial charge in [0.1, 0.15) is 6.04 Å². The number of aliphatic carboxylic acids is 1. The van der Waals surface area contributed by atoms with E-state index in [9.17, 15) is 14.7 Å². The Hall–Kier alpha value is -1.14. The van der Waals surface area contributed by atoms with Crippen LogP contribution in [0.4, 0.5) is 0 Å². The number of likely N-dealkylation sites (tertiary alicyclic amines) is 1. The van der Waals surface area contributed by atoms with Gasteiger partial charge in [0.2, 0.25) is 5.91 Å². The second-order valence-electron chi connectivity index (χ2n) is 5.54. The SMILES string of the molecule is CC1(C(=O)N2CC(O)CC2C(=O)O)CCCNC1. The van der Waals surface area contributed by atoms with Crippen molar-refractivity contribution in [3.63, 3.8) is 0 Å². The molecule has 0 aromatic heterocycles. The van der Waals surface area contributed by atoms with E-state index >= 15 is 0 Å². The molecule has 3 atom stereocenters. The van der Waals surface area contributed by atoms with Crippen molar-refractivity contribution in [3.05, 3.63) is 0 Å². The first kappa shape index (κ1) is 13.3. The third-order valence-electron chi connectivity index (χ3n) is 3.94. The summed E-state index contributed by atoms with van der Waals surface area (Å²) in [5.74, 6) is -1.19. The van der Waals surface area contributed by atoms with Gasteiger partial charge in [0.15, 0.2) is 0 Å². The molecule has 0 bridgehead atoms. The summed E-state index contributed by atoms with van der Waals surface area (Å²) in [7, 11) is 0. The molecule has 3 N–H and O–H groups in total. The number of hydrogen-bond acceptors (Lipinski definition) is 4. The Balaban J connectivity index is 2.14. The Morgan fingerprint density at radius 1 is 1.44 bits per heavy atom. The number of aliphatic hydroxyl groups excluding tert-OH is 1. The van der Waals surface area contributed by atoms with Gasteiger partial charge >= 0.3 is 5.97 Å². The first-order valence-electron chi connectivity index (χ1n) is 6.37. The Kier molecular flexibility index (Phi) is 3.59. The fraction of sp³-hybridized carbons (Fsp3) is 0.833. The summed E-state index contributed by atoms with van der Waals surface area (Å²) < 4.78 is 0. The average molecular weight is 256 g/mol. The predicted molar refractivity (Wildman–Crippen MR) is 64.0 cm³/mol. The molecule has 2 rings (SSSR count). The van der Waals surface area contributed by atoms with Crippen LogP contribution in [-0.2, 0) is 9.59 Å². The van der Waals surface area contributed by atoms with E-state index in [1.807, 2.05) is 6.92 Å². The molecule has 0 spiro atoms. The Morgan fingerprint density at radius 3 is 2.72 bits per heavy atom. The van der Waals surface area contributed by atoms with Gasteiger partial charge in [-0.25, -0.2) is 4.79 Å². The lowest BCUT2D eigenvalue weighted by atomic mass is 9.81. The van der Waals surface area contributed by atoms with Crippen molar-refractivity contribution in [2.75, 3.05) is 19.6 Å². The number of rotatable bonds is 2. The maximum Gasteiger partial charge on any atom is 0.326 e. The van der Waals surface area contributed by atoms with Crippen LogP contribution in [0.5, 0.6) is 0 Å². The van der Waals surface area contributed by atoms with E-state index in [0.29, 0.717) is 6.54 Å². The van der Waals surface area contributed by atoms with Crippen LogP contribution >= 0.6 is 0 Å². The van der Waals surface area contributed by atoms with Crippen LogP contribution in [0.25, 0.3) is 0 Å². The minimum Gasteiger partial charge on any atom is -0.480 e. The van der Waals surface area contributed by atoms with Crippen LogP contribution in [0.3, 0.4) is 0 Å². The molecule has 2 saturated heterocycles. The van der Waals surface area contributed by atoms with Gasteiger partial charge in [-0.2, -0.15) is 0 Å². The Bertz CT molecular complexity index is 352. The molecule has 2 aliphatic heterocycles. The van der Waals surface area contributed by atoms with Gasteiger partial charge in [0.05, 0.1) is 11.5 Å². The van der Waals surface area contributed by atoms with Crippen LogP contribution < -0.4 is 5.32 Å². The average Bonchev–Trinajstić information content (AvgIpc) is 2.71. The summed E-state index contributed by atoms with van der Waals surface area (Å²) in [6.45, 7) is 3.47. The van der Waals surface area contributed by atoms with E-state index < -0.39 is 23.5 Å². The van der Waals surface area contributed by atoms with Crippen molar-refractivity contribution in [2.24, 2.45) is 5.41 Å². The highest BCUT2D eigenvalue weighted by Crippen LogP contribution is 2.31. The predicted octanol–water partition coefficient (Wildman–Crippen LogP) is -0.577. The number of aliphatic hydroxyl groups is 1. The molecule has 18 heavy (non-hydrogen) atoms. The molecular weight excluding hydrogens is 236 g/mol. The van der Waals surface area contributed by atoms with Gasteiger partial charge in [-0.1, -0.05) is 0 Å². The van der Waals surface area contributed by atoms with E-state index in [-0.39, 0.29) is 18.9 Å². The first-order chi connectivity index (χ1) is 8.44. The minimum atomic E-state index is -1.03. The lowest BCUT2D eigenvalue weighted by Crippen LogP contribution is -2.53. The van der Waals surface area contributed by atoms with Gasteiger partial charge < -0.3 is 20.4 Å². The molecule has 1 amide bonds. The van der Waals surface area contributed by atoms with Crippen molar-refractivity contribution in [1.29, 1.82) is 0 Å². The van der Waals surface area contributed by atoms with Crippen LogP contribution in [0.15, 0.2) is 0 Å². The molecule has 0 aromatic carbocycles. The molecule has 6 nitrogen and oxygen atoms in total. The summed E-state index contributed by atoms with van der Waals surface area (Å²) in [6, 6.07) is -0.883. The number of carbonyl (C=O) groups is 2. The number of nitrogens with one attached hydrogen (secondary N) is 1. The van der Waals surface area contributed by atoms with Crippen molar-refractivity contribution in [2.45, 2.75) is 38.3 Å². The summed E-state index contributed by atoms with van der Waals surface area (Å²) in [5, 5.41) is 21.9. The summed E-state index contributed by atoms with van der Waals surface area (Å²) >= 11 is 0. The standard InChI is InChI=1S/C12H20N2O4/c1-12(3-2-4-13-7-12)11(18)14-6-8(15)5-9(14)10(16)17/h8-9,13,15H,2-7H2,1H3,(H,16,17). The second-order valence-corrected chi connectivity index (χ2v) is 5.54. The van der Waals surface area contributed by atoms with E-state index in [0.717, 1.165) is 19.4 Å². The van der Waals surface area contributed by atoms with E-state index in [1.165, 1.54) is 4.90 Å². The largest absolute Gasteiger partial charge is 0.480 e. The monoisotopic (exact) mass is 256 g/mol. The molecule has 3 unspecified atom stereocenters. The smallest absolute Gasteiger partial charge is 0.326 e. The highest BCUT2D eigenvalue weighted by Gasteiger charge is 2.45. The lowest BCUT2D eigenvalue weighted by molar-refractivity contribution is -0.153. The molecule has 0 radical (unpaired) electrons. The zero-order valence-electron chi connectivity index (χ0n) is 10.6. The van der Waals surface area contributed by atoms with Crippen molar-refractivity contribution >= 4 is 11.9 Å². The molecule has 6 heteroatoms. The number of carboxylic acid groups (broad SMARTS) is 1. The normalized spacial score (nSPS) is 36.7. The van der Waals surface area contributed by atoms with Crippen LogP contribution in [0.2, 0.25) is 0 Å². The number of nitrogens with zero attached hydrogens (tertiary/aromatic N) is 1. The molecule has 2 aliphatic rings. The number of hydrogen-bond donors (Lipinski definition) is 3. The van der Waals surface area contributed by atoms with E-state index in [4.69, 9.17) is 5.11 Å². The van der Waals surface area contributed by atoms with Crippen LogP contribution in [0.1, 0.15) is 26.2 Å². The molecule has 2 heterocycles. The van der Waals surface area contributed by atoms with Crippen molar-refractivity contribution in [3.8, 4) is 0 Å². The first-order valence-corrected chi connectivity index (χ1v) is 6.37. The summed E-state index contributed by atoms with van der Waals surface area (Å²) in [5.41, 5.74) is -0.546. The van der Waals surface area contributed by atoms with Crippen LogP contribution in [-0.4, -0.2) is 58.8 Å². The molecule has 102 valence electrons. The fourth-order valence-electron chi connectivity index (χ4n) is 2.86. The maximum atomic E-state index is 12.5. The van der Waals surface area contributed by atoms with E-state index in [1.54, 1.807) is 0 Å². The van der Waals surface area contributed by atoms with Gasteiger partial charge in [0, 0.05) is 19.5 Å². The number of piperidine rings is 1. The molecule has 0 aromatic rings. The molecular formula is C12H20N2O4. The van der Waals surface area contributed by atoms with Crippen LogP contribution in [0, 0.1) is 5.41 Å². The zero-order valence-corrected chi connectivity index (χ0v) is 10.6. The van der Waals surface area contributed by atoms with E-state index in [2.05, 4.69) is 5.32 Å². The number of β-amino-alcohol motifs (C(OH)–C–C–N with tert-alkyl or cyclic N) is 1. The van der Waals surface area contributed by atoms with Crippen molar-refractivity contribution < 1.29 is 19.8 Å². The van der Waals surface area contributed by atoms with Gasteiger partial charge in [-0.15, -0.1) is 0 Å². The molecule has 0 aliphatic carbocycles. The highest BCUT2D eigenvalue weighted by molar-refractivity contribution is 5.88. The quantitative estimate of drug-likeness (QED) is 0.615. The number of carbonyl (C=O) groups excluding carboxylic acids is 1. The Labute approximate surface area is 106 Å². The molecule has 0 saturated carbocycles. The van der Waals surface area contributed by atoms with Crippen molar-refractivity contribution in [1.82, 2.24) is 10.2 Å². The second kappa shape index (κ2) is 4.85. The zero-order chi connectivity index (χ0) is 13.3. The summed E-state index contributed by atoms with van der Waals surface area (Å²) in [4.78, 5) is 25.0. The summed E-state index contributed by atoms with van der Waals surface area (Å²) in [6.07, 6.45) is 1.08. The van der Waals surface area contributed by atoms with Gasteiger partial charge in [0.25, 0.3) is 0 Å². The van der Waals surface area contributed by atoms with Gasteiger partial charge in [-0.05, 0) is 26.3 Å². The third kappa shape index (κ3) is 2.35. The fourth-order valence-corrected chi connectivity index (χ4v) is 2.86. The van der Waals surface area contributed by atoms with Gasteiger partial charge in [-0.3, -0.25) is 4.79 Å². The Morgan fingerprint density at radius 2 is 2.17 bits per heavy atom.